The number of carbonyl (C=O) groups excluding carboxylic acids is 2. The minimum absolute atomic E-state index is 0.0436. The summed E-state index contributed by atoms with van der Waals surface area (Å²) in [6.07, 6.45) is 56.4. The number of amides is 1. The normalized spacial score (nSPS) is 13.5. The molecular weight excluding hydrogens is 743 g/mol. The summed E-state index contributed by atoms with van der Waals surface area (Å²) in [6, 6.07) is -0.714. The first-order valence-corrected chi connectivity index (χ1v) is 26.2. The van der Waals surface area contributed by atoms with Crippen LogP contribution in [0.25, 0.3) is 0 Å². The van der Waals surface area contributed by atoms with Gasteiger partial charge in [0, 0.05) is 6.42 Å². The zero-order valence-electron chi connectivity index (χ0n) is 40.1. The average molecular weight is 844 g/mol. The van der Waals surface area contributed by atoms with E-state index in [1.54, 1.807) is 0 Å². The van der Waals surface area contributed by atoms with Gasteiger partial charge in [-0.2, -0.15) is 0 Å². The minimum atomic E-state index is -0.798. The van der Waals surface area contributed by atoms with E-state index in [4.69, 9.17) is 4.74 Å². The largest absolute Gasteiger partial charge is 0.462 e. The van der Waals surface area contributed by atoms with Crippen molar-refractivity contribution in [3.63, 3.8) is 0 Å². The number of hydrogen-bond acceptors (Lipinski definition) is 5. The molecule has 0 saturated heterocycles. The van der Waals surface area contributed by atoms with Gasteiger partial charge >= 0.3 is 5.97 Å². The highest BCUT2D eigenvalue weighted by atomic mass is 16.5. The molecule has 0 saturated carbocycles. The molecule has 0 aliphatic carbocycles. The molecule has 0 fully saturated rings. The number of nitrogens with one attached hydrogen (secondary N) is 1. The van der Waals surface area contributed by atoms with E-state index < -0.39 is 18.2 Å². The van der Waals surface area contributed by atoms with Gasteiger partial charge in [0.15, 0.2) is 0 Å². The fourth-order valence-electron chi connectivity index (χ4n) is 7.95. The van der Waals surface area contributed by atoms with Gasteiger partial charge in [-0.25, -0.2) is 0 Å². The molecule has 0 aliphatic rings. The van der Waals surface area contributed by atoms with Crippen molar-refractivity contribution >= 4 is 11.9 Å². The molecule has 0 rings (SSSR count). The molecule has 6 nitrogen and oxygen atoms in total. The molecule has 0 spiro atoms. The van der Waals surface area contributed by atoms with Gasteiger partial charge in [0.25, 0.3) is 0 Å². The second-order valence-electron chi connectivity index (χ2n) is 17.9. The van der Waals surface area contributed by atoms with E-state index in [-0.39, 0.29) is 24.9 Å². The van der Waals surface area contributed by atoms with Gasteiger partial charge < -0.3 is 20.3 Å². The van der Waals surface area contributed by atoms with E-state index in [2.05, 4.69) is 62.5 Å². The summed E-state index contributed by atoms with van der Waals surface area (Å²) in [5, 5.41) is 23.7. The summed E-state index contributed by atoms with van der Waals surface area (Å²) in [5.41, 5.74) is 0. The van der Waals surface area contributed by atoms with Crippen LogP contribution in [0.15, 0.2) is 36.5 Å². The molecule has 0 aromatic carbocycles. The van der Waals surface area contributed by atoms with Crippen LogP contribution in [0, 0.1) is 0 Å². The first-order chi connectivity index (χ1) is 29.5. The third-order valence-electron chi connectivity index (χ3n) is 12.0. The Kier molecular flexibility index (Phi) is 46.6. The standard InChI is InChI=1S/C54H101NO5/c1-4-7-10-13-16-19-22-24-26-27-29-32-35-38-41-44-47-54(59)60-50(45-42-39-36-33-31-28-25-23-20-17-14-11-8-5-2)48-53(58)55-51(49-56)52(57)46-43-40-37-34-30-21-18-15-12-9-6-3/h26-28,31,33,36,50-52,56-57H,4-25,29-30,32,34-35,37-49H2,1-3H3,(H,55,58)/b27-26+,31-28+,36-33+. The molecule has 6 heteroatoms. The zero-order chi connectivity index (χ0) is 43.8. The van der Waals surface area contributed by atoms with E-state index >= 15 is 0 Å². The zero-order valence-corrected chi connectivity index (χ0v) is 40.1. The second-order valence-corrected chi connectivity index (χ2v) is 17.9. The third-order valence-corrected chi connectivity index (χ3v) is 12.0. The van der Waals surface area contributed by atoms with E-state index in [1.165, 1.54) is 161 Å². The van der Waals surface area contributed by atoms with Crippen LogP contribution in [0.1, 0.15) is 271 Å². The highest BCUT2D eigenvalue weighted by Gasteiger charge is 2.24. The molecule has 3 N–H and O–H groups in total. The Bertz CT molecular complexity index is 993. The summed E-state index contributed by atoms with van der Waals surface area (Å²) >= 11 is 0. The quantitative estimate of drug-likeness (QED) is 0.0245. The number of ether oxygens (including phenoxy) is 1. The molecular formula is C54H101NO5. The maximum Gasteiger partial charge on any atom is 0.306 e. The Balaban J connectivity index is 4.63. The lowest BCUT2D eigenvalue weighted by atomic mass is 10.0. The number of hydrogen-bond donors (Lipinski definition) is 3. The number of aliphatic hydroxyl groups excluding tert-OH is 2. The average Bonchev–Trinajstić information content (AvgIpc) is 3.24. The highest BCUT2D eigenvalue weighted by Crippen LogP contribution is 2.17. The SMILES string of the molecule is CCCCCCCCC/C=C/C=C/CCCC(CC(=O)NC(CO)C(O)CCCCCCCCCCCCC)OC(=O)CCCCCCC/C=C/CCCCCCCCC. The highest BCUT2D eigenvalue weighted by molar-refractivity contribution is 5.77. The molecule has 352 valence electrons. The fourth-order valence-corrected chi connectivity index (χ4v) is 7.95. The lowest BCUT2D eigenvalue weighted by Crippen LogP contribution is -2.46. The van der Waals surface area contributed by atoms with E-state index in [1.807, 2.05) is 0 Å². The number of rotatable bonds is 47. The van der Waals surface area contributed by atoms with Crippen molar-refractivity contribution in [2.24, 2.45) is 0 Å². The maximum atomic E-state index is 13.2. The van der Waals surface area contributed by atoms with Crippen molar-refractivity contribution < 1.29 is 24.5 Å². The summed E-state index contributed by atoms with van der Waals surface area (Å²) in [4.78, 5) is 26.1. The Morgan fingerprint density at radius 2 is 0.867 bits per heavy atom. The van der Waals surface area contributed by atoms with Crippen LogP contribution in [0.3, 0.4) is 0 Å². The van der Waals surface area contributed by atoms with Crippen molar-refractivity contribution in [2.45, 2.75) is 289 Å². The predicted octanol–water partition coefficient (Wildman–Crippen LogP) is 15.7. The molecule has 1 amide bonds. The molecule has 3 unspecified atom stereocenters. The molecule has 0 bridgehead atoms. The minimum Gasteiger partial charge on any atom is -0.462 e. The number of unbranched alkanes of at least 4 members (excludes halogenated alkanes) is 30. The Morgan fingerprint density at radius 1 is 0.483 bits per heavy atom. The van der Waals surface area contributed by atoms with Crippen LogP contribution in [-0.4, -0.2) is 46.9 Å². The van der Waals surface area contributed by atoms with Crippen molar-refractivity contribution in [1.82, 2.24) is 5.32 Å². The van der Waals surface area contributed by atoms with Crippen molar-refractivity contribution in [2.75, 3.05) is 6.61 Å². The lowest BCUT2D eigenvalue weighted by Gasteiger charge is -2.24. The van der Waals surface area contributed by atoms with E-state index in [9.17, 15) is 19.8 Å². The second kappa shape index (κ2) is 48.1. The Hall–Kier alpha value is -1.92. The molecule has 60 heavy (non-hydrogen) atoms. The smallest absolute Gasteiger partial charge is 0.306 e. The van der Waals surface area contributed by atoms with Crippen LogP contribution < -0.4 is 5.32 Å². The molecule has 3 atom stereocenters. The molecule has 0 radical (unpaired) electrons. The Morgan fingerprint density at radius 3 is 1.32 bits per heavy atom. The Labute approximate surface area is 373 Å². The van der Waals surface area contributed by atoms with E-state index in [0.29, 0.717) is 19.3 Å². The maximum absolute atomic E-state index is 13.2. The molecule has 0 heterocycles. The lowest BCUT2D eigenvalue weighted by molar-refractivity contribution is -0.151. The molecule has 0 aromatic rings. The number of carbonyl (C=O) groups is 2. The van der Waals surface area contributed by atoms with Crippen molar-refractivity contribution in [3.8, 4) is 0 Å². The fraction of sp³-hybridized carbons (Fsp3) is 0.852. The number of aliphatic hydroxyl groups is 2. The van der Waals surface area contributed by atoms with Gasteiger partial charge in [-0.3, -0.25) is 9.59 Å². The van der Waals surface area contributed by atoms with Crippen LogP contribution in [0.4, 0.5) is 0 Å². The van der Waals surface area contributed by atoms with Crippen LogP contribution in [0.5, 0.6) is 0 Å². The molecule has 0 aromatic heterocycles. The van der Waals surface area contributed by atoms with Crippen LogP contribution in [0.2, 0.25) is 0 Å². The number of allylic oxidation sites excluding steroid dienone is 6. The predicted molar refractivity (Wildman–Crippen MR) is 259 cm³/mol. The van der Waals surface area contributed by atoms with Crippen LogP contribution in [-0.2, 0) is 14.3 Å². The van der Waals surface area contributed by atoms with Gasteiger partial charge in [0.2, 0.25) is 5.91 Å². The van der Waals surface area contributed by atoms with Gasteiger partial charge in [0.05, 0.1) is 25.2 Å². The molecule has 0 aliphatic heterocycles. The monoisotopic (exact) mass is 844 g/mol. The topological polar surface area (TPSA) is 95.9 Å². The first-order valence-electron chi connectivity index (χ1n) is 26.2. The summed E-state index contributed by atoms with van der Waals surface area (Å²) < 4.78 is 5.91. The van der Waals surface area contributed by atoms with Crippen molar-refractivity contribution in [3.05, 3.63) is 36.5 Å². The van der Waals surface area contributed by atoms with Gasteiger partial charge in [-0.1, -0.05) is 224 Å². The van der Waals surface area contributed by atoms with Gasteiger partial charge in [-0.15, -0.1) is 0 Å². The number of esters is 1. The van der Waals surface area contributed by atoms with Crippen LogP contribution >= 0.6 is 0 Å². The summed E-state index contributed by atoms with van der Waals surface area (Å²) in [6.45, 7) is 6.46. The van der Waals surface area contributed by atoms with Gasteiger partial charge in [-0.05, 0) is 70.6 Å². The third kappa shape index (κ3) is 42.8. The summed E-state index contributed by atoms with van der Waals surface area (Å²) in [5.74, 6) is -0.523. The summed E-state index contributed by atoms with van der Waals surface area (Å²) in [7, 11) is 0. The van der Waals surface area contributed by atoms with Crippen molar-refractivity contribution in [1.29, 1.82) is 0 Å². The van der Waals surface area contributed by atoms with E-state index in [0.717, 1.165) is 64.2 Å². The first kappa shape index (κ1) is 58.1. The van der Waals surface area contributed by atoms with Gasteiger partial charge in [0.1, 0.15) is 6.10 Å².